The van der Waals surface area contributed by atoms with Crippen molar-refractivity contribution in [2.24, 2.45) is 0 Å². The fourth-order valence-corrected chi connectivity index (χ4v) is 3.73. The number of benzene rings is 1. The summed E-state index contributed by atoms with van der Waals surface area (Å²) in [6, 6.07) is 4.61. The molecule has 0 aliphatic carbocycles. The third-order valence-corrected chi connectivity index (χ3v) is 5.84. The zero-order valence-electron chi connectivity index (χ0n) is 13.5. The molecule has 1 atom stereocenters. The van der Waals surface area contributed by atoms with Gasteiger partial charge in [0.25, 0.3) is 5.91 Å². The molecule has 0 bridgehead atoms. The number of sulfonamides is 1. The largest absolute Gasteiger partial charge is 0.480 e. The van der Waals surface area contributed by atoms with Gasteiger partial charge in [0.05, 0.1) is 18.1 Å². The van der Waals surface area contributed by atoms with Crippen LogP contribution in [0.2, 0.25) is 0 Å². The molecule has 1 amide bonds. The molecular weight excluding hydrogens is 336 g/mol. The molecule has 1 aliphatic heterocycles. The van der Waals surface area contributed by atoms with Crippen molar-refractivity contribution in [1.29, 1.82) is 0 Å². The Kier molecular flexibility index (Phi) is 5.58. The summed E-state index contributed by atoms with van der Waals surface area (Å²) in [5.74, 6) is -1.69. The number of carbonyl (C=O) groups is 2. The van der Waals surface area contributed by atoms with E-state index < -0.39 is 27.9 Å². The topological polar surface area (TPSA) is 104 Å². The number of hydrogen-bond acceptors (Lipinski definition) is 5. The van der Waals surface area contributed by atoms with Gasteiger partial charge in [0.15, 0.2) is 0 Å². The van der Waals surface area contributed by atoms with Crippen LogP contribution in [0.3, 0.4) is 0 Å². The van der Waals surface area contributed by atoms with Gasteiger partial charge in [-0.05, 0) is 25.1 Å². The van der Waals surface area contributed by atoms with Crippen molar-refractivity contribution < 1.29 is 27.9 Å². The van der Waals surface area contributed by atoms with Crippen LogP contribution in [0.5, 0.6) is 0 Å². The van der Waals surface area contributed by atoms with Gasteiger partial charge >= 0.3 is 5.97 Å². The normalized spacial score (nSPS) is 17.2. The second kappa shape index (κ2) is 7.29. The maximum atomic E-state index is 12.6. The lowest BCUT2D eigenvalue weighted by Crippen LogP contribution is -2.41. The molecule has 1 aliphatic rings. The second-order valence-corrected chi connectivity index (χ2v) is 7.41. The molecule has 0 saturated carbocycles. The predicted molar refractivity (Wildman–Crippen MR) is 85.2 cm³/mol. The first-order valence-electron chi connectivity index (χ1n) is 7.43. The Bertz CT molecular complexity index is 727. The number of amides is 1. The number of morpholine rings is 1. The van der Waals surface area contributed by atoms with Gasteiger partial charge in [-0.25, -0.2) is 13.2 Å². The third kappa shape index (κ3) is 3.74. The number of hydrogen-bond donors (Lipinski definition) is 1. The van der Waals surface area contributed by atoms with E-state index in [0.717, 1.165) is 4.90 Å². The van der Waals surface area contributed by atoms with Crippen molar-refractivity contribution in [3.05, 3.63) is 29.8 Å². The minimum absolute atomic E-state index is 0.00614. The Morgan fingerprint density at radius 3 is 2.50 bits per heavy atom. The van der Waals surface area contributed by atoms with Gasteiger partial charge in [0, 0.05) is 25.7 Å². The Balaban J connectivity index is 2.28. The second-order valence-electron chi connectivity index (χ2n) is 5.47. The van der Waals surface area contributed by atoms with Crippen LogP contribution < -0.4 is 0 Å². The molecule has 1 aromatic rings. The number of rotatable bonds is 5. The van der Waals surface area contributed by atoms with Gasteiger partial charge in [-0.2, -0.15) is 4.31 Å². The first kappa shape index (κ1) is 18.4. The molecular formula is C15H20N2O6S. The molecule has 132 valence electrons. The summed E-state index contributed by atoms with van der Waals surface area (Å²) in [5, 5.41) is 8.99. The van der Waals surface area contributed by atoms with Crippen LogP contribution in [0.25, 0.3) is 0 Å². The van der Waals surface area contributed by atoms with Crippen molar-refractivity contribution in [1.82, 2.24) is 9.21 Å². The van der Waals surface area contributed by atoms with E-state index >= 15 is 0 Å². The molecule has 1 saturated heterocycles. The van der Waals surface area contributed by atoms with E-state index in [1.807, 2.05) is 0 Å². The predicted octanol–water partition coefficient (Wildman–Crippen LogP) is 0.253. The van der Waals surface area contributed by atoms with Crippen molar-refractivity contribution in [2.45, 2.75) is 17.9 Å². The highest BCUT2D eigenvalue weighted by Crippen LogP contribution is 2.19. The standard InChI is InChI=1S/C15H20N2O6S/c1-11(15(19)20)16(2)14(18)12-4-3-5-13(10-12)24(21,22)17-6-8-23-9-7-17/h3-5,10-11H,6-9H2,1-2H3,(H,19,20). The third-order valence-electron chi connectivity index (χ3n) is 3.95. The molecule has 1 unspecified atom stereocenters. The van der Waals surface area contributed by atoms with Gasteiger partial charge in [-0.15, -0.1) is 0 Å². The highest BCUT2D eigenvalue weighted by Gasteiger charge is 2.28. The maximum Gasteiger partial charge on any atom is 0.326 e. The van der Waals surface area contributed by atoms with Crippen molar-refractivity contribution in [2.75, 3.05) is 33.4 Å². The molecule has 8 nitrogen and oxygen atoms in total. The highest BCUT2D eigenvalue weighted by molar-refractivity contribution is 7.89. The SMILES string of the molecule is CC(C(=O)O)N(C)C(=O)c1cccc(S(=O)(=O)N2CCOCC2)c1. The molecule has 0 aromatic heterocycles. The lowest BCUT2D eigenvalue weighted by atomic mass is 10.2. The number of nitrogens with zero attached hydrogens (tertiary/aromatic N) is 2. The Morgan fingerprint density at radius 1 is 1.29 bits per heavy atom. The summed E-state index contributed by atoms with van der Waals surface area (Å²) < 4.78 is 31.7. The van der Waals surface area contributed by atoms with Gasteiger partial charge in [-0.3, -0.25) is 4.79 Å². The van der Waals surface area contributed by atoms with E-state index in [2.05, 4.69) is 0 Å². The fraction of sp³-hybridized carbons (Fsp3) is 0.467. The zero-order valence-corrected chi connectivity index (χ0v) is 14.3. The van der Waals surface area contributed by atoms with Crippen LogP contribution in [-0.4, -0.2) is 74.0 Å². The number of ether oxygens (including phenoxy) is 1. The molecule has 0 spiro atoms. The van der Waals surface area contributed by atoms with Crippen LogP contribution in [0.15, 0.2) is 29.2 Å². The van der Waals surface area contributed by atoms with E-state index in [4.69, 9.17) is 9.84 Å². The van der Waals surface area contributed by atoms with Crippen molar-refractivity contribution in [3.63, 3.8) is 0 Å². The summed E-state index contributed by atoms with van der Waals surface area (Å²) >= 11 is 0. The van der Waals surface area contributed by atoms with Crippen LogP contribution in [-0.2, 0) is 19.6 Å². The number of carboxylic acids is 1. The van der Waals surface area contributed by atoms with E-state index in [0.29, 0.717) is 13.2 Å². The highest BCUT2D eigenvalue weighted by atomic mass is 32.2. The first-order valence-corrected chi connectivity index (χ1v) is 8.87. The number of likely N-dealkylation sites (N-methyl/N-ethyl adjacent to an activating group) is 1. The van der Waals surface area contributed by atoms with Crippen LogP contribution in [0.4, 0.5) is 0 Å². The summed E-state index contributed by atoms with van der Waals surface area (Å²) in [4.78, 5) is 24.4. The molecule has 1 heterocycles. The average molecular weight is 356 g/mol. The van der Waals surface area contributed by atoms with Crippen LogP contribution in [0, 0.1) is 0 Å². The van der Waals surface area contributed by atoms with Crippen LogP contribution in [0.1, 0.15) is 17.3 Å². The Hall–Kier alpha value is -1.97. The van der Waals surface area contributed by atoms with Gasteiger partial charge in [0.2, 0.25) is 10.0 Å². The summed E-state index contributed by atoms with van der Waals surface area (Å²) in [6.45, 7) is 2.56. The average Bonchev–Trinajstić information content (AvgIpc) is 2.60. The molecule has 1 fully saturated rings. The van der Waals surface area contributed by atoms with E-state index in [-0.39, 0.29) is 23.5 Å². The van der Waals surface area contributed by atoms with E-state index in [1.165, 1.54) is 42.5 Å². The lowest BCUT2D eigenvalue weighted by molar-refractivity contribution is -0.141. The van der Waals surface area contributed by atoms with Crippen LogP contribution >= 0.6 is 0 Å². The van der Waals surface area contributed by atoms with E-state index in [1.54, 1.807) is 0 Å². The molecule has 0 radical (unpaired) electrons. The minimum atomic E-state index is -3.71. The maximum absolute atomic E-state index is 12.6. The summed E-state index contributed by atoms with van der Waals surface area (Å²) in [5.41, 5.74) is 0.125. The van der Waals surface area contributed by atoms with Gasteiger partial charge in [0.1, 0.15) is 6.04 Å². The minimum Gasteiger partial charge on any atom is -0.480 e. The van der Waals surface area contributed by atoms with Gasteiger partial charge < -0.3 is 14.7 Å². The quantitative estimate of drug-likeness (QED) is 0.811. The first-order chi connectivity index (χ1) is 11.2. The smallest absolute Gasteiger partial charge is 0.326 e. The fourth-order valence-electron chi connectivity index (χ4n) is 2.27. The molecule has 1 aromatic carbocycles. The number of carbonyl (C=O) groups excluding carboxylic acids is 1. The zero-order chi connectivity index (χ0) is 17.9. The summed E-state index contributed by atoms with van der Waals surface area (Å²) in [7, 11) is -2.35. The van der Waals surface area contributed by atoms with E-state index in [9.17, 15) is 18.0 Å². The lowest BCUT2D eigenvalue weighted by Gasteiger charge is -2.26. The number of carboxylic acid groups (broad SMARTS) is 1. The Labute approximate surface area is 140 Å². The van der Waals surface area contributed by atoms with Crippen molar-refractivity contribution >= 4 is 21.9 Å². The van der Waals surface area contributed by atoms with Crippen molar-refractivity contribution in [3.8, 4) is 0 Å². The molecule has 9 heteroatoms. The van der Waals surface area contributed by atoms with Gasteiger partial charge in [-0.1, -0.05) is 6.07 Å². The molecule has 1 N–H and O–H groups in total. The summed E-state index contributed by atoms with van der Waals surface area (Å²) in [6.07, 6.45) is 0. The monoisotopic (exact) mass is 356 g/mol. The molecule has 2 rings (SSSR count). The molecule has 24 heavy (non-hydrogen) atoms. The number of aliphatic carboxylic acids is 1. The Morgan fingerprint density at radius 2 is 1.92 bits per heavy atom.